The molecule has 0 aliphatic carbocycles. The molecule has 0 amide bonds. The van der Waals surface area contributed by atoms with Crippen LogP contribution in [-0.4, -0.2) is 44.0 Å². The predicted molar refractivity (Wildman–Crippen MR) is 121 cm³/mol. The molecule has 4 rings (SSSR count). The number of fused-ring (bicyclic) bond motifs is 1. The molecule has 0 radical (unpaired) electrons. The summed E-state index contributed by atoms with van der Waals surface area (Å²) in [5.41, 5.74) is 5.05. The Morgan fingerprint density at radius 3 is 2.32 bits per heavy atom. The average Bonchev–Trinajstić information content (AvgIpc) is 2.83. The summed E-state index contributed by atoms with van der Waals surface area (Å²) in [6.45, 7) is 2.10. The van der Waals surface area contributed by atoms with Gasteiger partial charge in [0.2, 0.25) is 0 Å². The van der Waals surface area contributed by atoms with Crippen molar-refractivity contribution in [1.29, 1.82) is 0 Å². The minimum absolute atomic E-state index is 0.0158. The van der Waals surface area contributed by atoms with Gasteiger partial charge in [-0.15, -0.1) is 0 Å². The van der Waals surface area contributed by atoms with E-state index in [2.05, 4.69) is 59.5 Å². The molecule has 1 N–H and O–H groups in total. The maximum absolute atomic E-state index is 8.94. The first-order valence-electron chi connectivity index (χ1n) is 10.6. The third kappa shape index (κ3) is 4.68. The van der Waals surface area contributed by atoms with Crippen molar-refractivity contribution in [2.24, 2.45) is 0 Å². The molecule has 0 bridgehead atoms. The second-order valence-electron chi connectivity index (χ2n) is 7.66. The van der Waals surface area contributed by atoms with Crippen LogP contribution < -0.4 is 14.2 Å². The van der Waals surface area contributed by atoms with Crippen molar-refractivity contribution >= 4 is 0 Å². The van der Waals surface area contributed by atoms with E-state index in [4.69, 9.17) is 19.3 Å². The summed E-state index contributed by atoms with van der Waals surface area (Å²) in [6.07, 6.45) is 0.955. The summed E-state index contributed by atoms with van der Waals surface area (Å²) in [4.78, 5) is 2.51. The number of ether oxygens (including phenoxy) is 3. The van der Waals surface area contributed by atoms with Gasteiger partial charge >= 0.3 is 0 Å². The van der Waals surface area contributed by atoms with E-state index < -0.39 is 0 Å². The van der Waals surface area contributed by atoms with Gasteiger partial charge in [0.25, 0.3) is 0 Å². The normalized spacial score (nSPS) is 15.9. The lowest BCUT2D eigenvalue weighted by atomic mass is 9.87. The average molecular weight is 420 g/mol. The van der Waals surface area contributed by atoms with Gasteiger partial charge in [-0.25, -0.2) is 0 Å². The third-order valence-corrected chi connectivity index (χ3v) is 5.76. The van der Waals surface area contributed by atoms with Gasteiger partial charge in [-0.1, -0.05) is 42.5 Å². The van der Waals surface area contributed by atoms with Gasteiger partial charge < -0.3 is 19.3 Å². The first-order valence-corrected chi connectivity index (χ1v) is 10.6. The van der Waals surface area contributed by atoms with Crippen LogP contribution in [0.25, 0.3) is 0 Å². The first-order chi connectivity index (χ1) is 15.2. The van der Waals surface area contributed by atoms with Gasteiger partial charge in [0.1, 0.15) is 12.4 Å². The van der Waals surface area contributed by atoms with Crippen LogP contribution in [0.3, 0.4) is 0 Å². The topological polar surface area (TPSA) is 51.2 Å². The van der Waals surface area contributed by atoms with Gasteiger partial charge in [-0.2, -0.15) is 0 Å². The van der Waals surface area contributed by atoms with Crippen molar-refractivity contribution in [1.82, 2.24) is 4.90 Å². The number of benzene rings is 3. The minimum atomic E-state index is 0.0158. The monoisotopic (exact) mass is 419 g/mol. The molecule has 0 aromatic heterocycles. The lowest BCUT2D eigenvalue weighted by molar-refractivity contribution is 0.200. The standard InChI is InChI=1S/C26H29NO4/c1-29-24-16-21-12-13-27(18-19-8-10-22(11-9-19)31-15-14-28)26(20-6-4-3-5-7-20)23(21)17-25(24)30-2/h3-11,16-17,26,28H,12-15,18H2,1-2H3. The molecule has 162 valence electrons. The highest BCUT2D eigenvalue weighted by Gasteiger charge is 2.30. The quantitative estimate of drug-likeness (QED) is 0.592. The van der Waals surface area contributed by atoms with Gasteiger partial charge in [-0.05, 0) is 52.9 Å². The number of rotatable bonds is 8. The second-order valence-corrected chi connectivity index (χ2v) is 7.66. The highest BCUT2D eigenvalue weighted by molar-refractivity contribution is 5.51. The maximum Gasteiger partial charge on any atom is 0.161 e. The van der Waals surface area contributed by atoms with Crippen LogP contribution in [0.5, 0.6) is 17.2 Å². The lowest BCUT2D eigenvalue weighted by Crippen LogP contribution is -2.35. The molecular formula is C26H29NO4. The number of hydrogen-bond acceptors (Lipinski definition) is 5. The van der Waals surface area contributed by atoms with Crippen molar-refractivity contribution in [3.63, 3.8) is 0 Å². The Kier molecular flexibility index (Phi) is 6.75. The Bertz CT molecular complexity index is 988. The Morgan fingerprint density at radius 2 is 1.65 bits per heavy atom. The molecule has 31 heavy (non-hydrogen) atoms. The molecular weight excluding hydrogens is 390 g/mol. The third-order valence-electron chi connectivity index (χ3n) is 5.76. The molecule has 1 atom stereocenters. The Morgan fingerprint density at radius 1 is 0.935 bits per heavy atom. The Balaban J connectivity index is 1.66. The largest absolute Gasteiger partial charge is 0.493 e. The van der Waals surface area contributed by atoms with E-state index in [1.807, 2.05) is 12.1 Å². The minimum Gasteiger partial charge on any atom is -0.493 e. The van der Waals surface area contributed by atoms with E-state index in [-0.39, 0.29) is 12.6 Å². The number of aliphatic hydroxyl groups is 1. The van der Waals surface area contributed by atoms with Crippen LogP contribution >= 0.6 is 0 Å². The van der Waals surface area contributed by atoms with Crippen molar-refractivity contribution in [2.45, 2.75) is 19.0 Å². The van der Waals surface area contributed by atoms with Gasteiger partial charge in [0, 0.05) is 13.1 Å². The molecule has 0 saturated heterocycles. The fourth-order valence-corrected chi connectivity index (χ4v) is 4.28. The SMILES string of the molecule is COc1cc2c(cc1OC)C(c1ccccc1)N(Cc1ccc(OCCO)cc1)CC2. The molecule has 3 aromatic rings. The molecule has 0 spiro atoms. The molecule has 1 heterocycles. The van der Waals surface area contributed by atoms with E-state index in [9.17, 15) is 0 Å². The highest BCUT2D eigenvalue weighted by atomic mass is 16.5. The zero-order chi connectivity index (χ0) is 21.6. The lowest BCUT2D eigenvalue weighted by Gasteiger charge is -2.38. The van der Waals surface area contributed by atoms with Gasteiger partial charge in [0.15, 0.2) is 11.5 Å². The number of methoxy groups -OCH3 is 2. The maximum atomic E-state index is 8.94. The van der Waals surface area contributed by atoms with Crippen molar-refractivity contribution in [3.8, 4) is 17.2 Å². The van der Waals surface area contributed by atoms with Gasteiger partial charge in [0.05, 0.1) is 26.9 Å². The van der Waals surface area contributed by atoms with Crippen LogP contribution in [0.1, 0.15) is 28.3 Å². The molecule has 5 nitrogen and oxygen atoms in total. The Labute approximate surface area is 183 Å². The van der Waals surface area contributed by atoms with Crippen molar-refractivity contribution < 1.29 is 19.3 Å². The van der Waals surface area contributed by atoms with E-state index >= 15 is 0 Å². The zero-order valence-corrected chi connectivity index (χ0v) is 18.1. The molecule has 1 aliphatic heterocycles. The van der Waals surface area contributed by atoms with Gasteiger partial charge in [-0.3, -0.25) is 4.90 Å². The van der Waals surface area contributed by atoms with Crippen LogP contribution in [0.4, 0.5) is 0 Å². The molecule has 0 saturated carbocycles. The molecule has 0 fully saturated rings. The molecule has 5 heteroatoms. The zero-order valence-electron chi connectivity index (χ0n) is 18.1. The van der Waals surface area contributed by atoms with Crippen molar-refractivity contribution in [2.75, 3.05) is 34.0 Å². The number of aliphatic hydroxyl groups excluding tert-OH is 1. The van der Waals surface area contributed by atoms with Crippen molar-refractivity contribution in [3.05, 3.63) is 89.0 Å². The van der Waals surface area contributed by atoms with E-state index in [0.29, 0.717) is 6.61 Å². The van der Waals surface area contributed by atoms with Crippen LogP contribution in [0.2, 0.25) is 0 Å². The smallest absolute Gasteiger partial charge is 0.161 e. The fraction of sp³-hybridized carbons (Fsp3) is 0.308. The number of hydrogen-bond donors (Lipinski definition) is 1. The molecule has 1 aliphatic rings. The van der Waals surface area contributed by atoms with Crippen LogP contribution in [0.15, 0.2) is 66.7 Å². The van der Waals surface area contributed by atoms with E-state index in [1.165, 1.54) is 22.3 Å². The summed E-state index contributed by atoms with van der Waals surface area (Å²) < 4.78 is 16.6. The van der Waals surface area contributed by atoms with Crippen LogP contribution in [0, 0.1) is 0 Å². The fourth-order valence-electron chi connectivity index (χ4n) is 4.28. The predicted octanol–water partition coefficient (Wildman–Crippen LogP) is 4.22. The molecule has 1 unspecified atom stereocenters. The highest BCUT2D eigenvalue weighted by Crippen LogP contribution is 2.41. The summed E-state index contributed by atoms with van der Waals surface area (Å²) in [7, 11) is 3.37. The Hall–Kier alpha value is -3.02. The molecule has 3 aromatic carbocycles. The van der Waals surface area contributed by atoms with E-state index in [1.54, 1.807) is 14.2 Å². The van der Waals surface area contributed by atoms with Crippen LogP contribution in [-0.2, 0) is 13.0 Å². The summed E-state index contributed by atoms with van der Waals surface area (Å²) in [6, 6.07) is 23.1. The number of nitrogens with zero attached hydrogens (tertiary/aromatic N) is 1. The first kappa shape index (κ1) is 21.2. The summed E-state index contributed by atoms with van der Waals surface area (Å²) >= 11 is 0. The summed E-state index contributed by atoms with van der Waals surface area (Å²) in [5.74, 6) is 2.31. The van der Waals surface area contributed by atoms with E-state index in [0.717, 1.165) is 36.8 Å². The second kappa shape index (κ2) is 9.86. The summed E-state index contributed by atoms with van der Waals surface area (Å²) in [5, 5.41) is 8.94.